The van der Waals surface area contributed by atoms with Gasteiger partial charge in [0.05, 0.1) is 12.2 Å². The summed E-state index contributed by atoms with van der Waals surface area (Å²) in [5.74, 6) is 1.64. The Bertz CT molecular complexity index is 706. The van der Waals surface area contributed by atoms with Crippen LogP contribution < -0.4 is 5.32 Å². The number of nitrogens with one attached hydrogen (secondary N) is 1. The van der Waals surface area contributed by atoms with Crippen LogP contribution in [0.5, 0.6) is 0 Å². The van der Waals surface area contributed by atoms with Gasteiger partial charge in [-0.05, 0) is 31.2 Å². The average Bonchev–Trinajstić information content (AvgIpc) is 3.19. The third-order valence-corrected chi connectivity index (χ3v) is 5.31. The number of piperazine rings is 1. The lowest BCUT2D eigenvalue weighted by Crippen LogP contribution is -2.52. The summed E-state index contributed by atoms with van der Waals surface area (Å²) in [5.41, 5.74) is 0.974. The van der Waals surface area contributed by atoms with Gasteiger partial charge in [-0.15, -0.1) is 35.7 Å². The molecule has 0 spiro atoms. The van der Waals surface area contributed by atoms with E-state index in [4.69, 9.17) is 9.52 Å². The molecule has 1 aromatic carbocycles. The summed E-state index contributed by atoms with van der Waals surface area (Å²) in [5, 5.41) is 7.37. The zero-order valence-electron chi connectivity index (χ0n) is 16.0. The smallest absolute Gasteiger partial charge is 0.194 e. The van der Waals surface area contributed by atoms with Crippen molar-refractivity contribution in [2.75, 3.05) is 45.0 Å². The molecule has 1 fully saturated rings. The monoisotopic (exact) mass is 519 g/mol. The van der Waals surface area contributed by atoms with Gasteiger partial charge < -0.3 is 14.7 Å². The maximum absolute atomic E-state index is 12.9. The molecule has 0 atom stereocenters. The SMILES string of the molecule is CCNC(=NCCSc1ccc(F)cc1)N1CCN(Cc2ccon2)CC1.I. The van der Waals surface area contributed by atoms with Crippen molar-refractivity contribution in [1.29, 1.82) is 0 Å². The molecule has 0 radical (unpaired) electrons. The van der Waals surface area contributed by atoms with Crippen LogP contribution in [-0.2, 0) is 6.54 Å². The van der Waals surface area contributed by atoms with Crippen LogP contribution in [0.2, 0.25) is 0 Å². The van der Waals surface area contributed by atoms with Gasteiger partial charge in [-0.3, -0.25) is 9.89 Å². The number of aromatic nitrogens is 1. The van der Waals surface area contributed by atoms with Crippen LogP contribution in [0.1, 0.15) is 12.6 Å². The van der Waals surface area contributed by atoms with E-state index in [1.54, 1.807) is 18.0 Å². The predicted molar refractivity (Wildman–Crippen MR) is 122 cm³/mol. The highest BCUT2D eigenvalue weighted by Crippen LogP contribution is 2.17. The minimum atomic E-state index is -0.200. The molecular formula is C19H27FIN5OS. The summed E-state index contributed by atoms with van der Waals surface area (Å²) in [7, 11) is 0. The Labute approximate surface area is 186 Å². The van der Waals surface area contributed by atoms with Crippen LogP contribution in [0.15, 0.2) is 51.0 Å². The zero-order valence-corrected chi connectivity index (χ0v) is 19.2. The normalized spacial score (nSPS) is 15.4. The van der Waals surface area contributed by atoms with E-state index in [1.807, 2.05) is 18.2 Å². The van der Waals surface area contributed by atoms with Crippen molar-refractivity contribution in [3.63, 3.8) is 0 Å². The van der Waals surface area contributed by atoms with E-state index >= 15 is 0 Å². The van der Waals surface area contributed by atoms with Crippen molar-refractivity contribution in [1.82, 2.24) is 20.3 Å². The van der Waals surface area contributed by atoms with Crippen molar-refractivity contribution >= 4 is 41.7 Å². The van der Waals surface area contributed by atoms with Crippen LogP contribution in [0.4, 0.5) is 4.39 Å². The molecule has 0 unspecified atom stereocenters. The van der Waals surface area contributed by atoms with E-state index in [0.717, 1.165) is 68.1 Å². The molecule has 0 bridgehead atoms. The largest absolute Gasteiger partial charge is 0.364 e. The van der Waals surface area contributed by atoms with Gasteiger partial charge in [0.2, 0.25) is 0 Å². The lowest BCUT2D eigenvalue weighted by Gasteiger charge is -2.36. The van der Waals surface area contributed by atoms with Crippen LogP contribution in [0, 0.1) is 5.82 Å². The highest BCUT2D eigenvalue weighted by molar-refractivity contribution is 14.0. The summed E-state index contributed by atoms with van der Waals surface area (Å²) < 4.78 is 17.9. The minimum Gasteiger partial charge on any atom is -0.364 e. The van der Waals surface area contributed by atoms with Crippen molar-refractivity contribution in [3.8, 4) is 0 Å². The Morgan fingerprint density at radius 3 is 2.61 bits per heavy atom. The van der Waals surface area contributed by atoms with E-state index < -0.39 is 0 Å². The second kappa shape index (κ2) is 12.3. The van der Waals surface area contributed by atoms with Gasteiger partial charge in [0.1, 0.15) is 12.1 Å². The highest BCUT2D eigenvalue weighted by atomic mass is 127. The van der Waals surface area contributed by atoms with Gasteiger partial charge >= 0.3 is 0 Å². The third-order valence-electron chi connectivity index (χ3n) is 4.32. The molecular weight excluding hydrogens is 492 g/mol. The first-order chi connectivity index (χ1) is 13.2. The number of nitrogens with zero attached hydrogens (tertiary/aromatic N) is 4. The standard InChI is InChI=1S/C19H26FN5OS.HI/c1-2-21-19(22-8-14-27-18-5-3-16(20)4-6-18)25-11-9-24(10-12-25)15-17-7-13-26-23-17;/h3-7,13H,2,8-12,14-15H2,1H3,(H,21,22);1H. The molecule has 2 heterocycles. The fraction of sp³-hybridized carbons (Fsp3) is 0.474. The summed E-state index contributed by atoms with van der Waals surface area (Å²) >= 11 is 1.69. The van der Waals surface area contributed by atoms with E-state index in [-0.39, 0.29) is 29.8 Å². The quantitative estimate of drug-likeness (QED) is 0.199. The first kappa shape index (κ1) is 23.0. The molecule has 1 aliphatic rings. The fourth-order valence-corrected chi connectivity index (χ4v) is 3.68. The fourth-order valence-electron chi connectivity index (χ4n) is 2.94. The number of thioether (sulfide) groups is 1. The number of hydrogen-bond acceptors (Lipinski definition) is 5. The number of hydrogen-bond donors (Lipinski definition) is 1. The second-order valence-electron chi connectivity index (χ2n) is 6.29. The van der Waals surface area contributed by atoms with E-state index in [9.17, 15) is 4.39 Å². The number of guanidine groups is 1. The first-order valence-electron chi connectivity index (χ1n) is 9.28. The highest BCUT2D eigenvalue weighted by Gasteiger charge is 2.20. The van der Waals surface area contributed by atoms with Gasteiger partial charge in [0, 0.05) is 56.0 Å². The summed E-state index contributed by atoms with van der Waals surface area (Å²) in [6, 6.07) is 8.52. The van der Waals surface area contributed by atoms with Crippen LogP contribution in [0.3, 0.4) is 0 Å². The molecule has 2 aromatic rings. The minimum absolute atomic E-state index is 0. The second-order valence-corrected chi connectivity index (χ2v) is 7.46. The van der Waals surface area contributed by atoms with Gasteiger partial charge in [0.25, 0.3) is 0 Å². The summed E-state index contributed by atoms with van der Waals surface area (Å²) in [4.78, 5) is 10.5. The molecule has 1 aromatic heterocycles. The number of rotatable bonds is 7. The number of benzene rings is 1. The van der Waals surface area contributed by atoms with E-state index in [1.165, 1.54) is 12.1 Å². The Morgan fingerprint density at radius 2 is 1.96 bits per heavy atom. The summed E-state index contributed by atoms with van der Waals surface area (Å²) in [6.45, 7) is 8.31. The Hall–Kier alpha value is -1.33. The van der Waals surface area contributed by atoms with Crippen LogP contribution in [0.25, 0.3) is 0 Å². The topological polar surface area (TPSA) is 56.9 Å². The Kier molecular flexibility index (Phi) is 10.1. The molecule has 1 N–H and O–H groups in total. The van der Waals surface area contributed by atoms with Crippen molar-refractivity contribution in [2.24, 2.45) is 4.99 Å². The lowest BCUT2D eigenvalue weighted by atomic mass is 10.3. The van der Waals surface area contributed by atoms with Gasteiger partial charge in [0.15, 0.2) is 5.96 Å². The Morgan fingerprint density at radius 1 is 1.21 bits per heavy atom. The van der Waals surface area contributed by atoms with Gasteiger partial charge in [-0.2, -0.15) is 0 Å². The maximum Gasteiger partial charge on any atom is 0.194 e. The maximum atomic E-state index is 12.9. The average molecular weight is 519 g/mol. The molecule has 3 rings (SSSR count). The van der Waals surface area contributed by atoms with Gasteiger partial charge in [-0.1, -0.05) is 5.16 Å². The number of halogens is 2. The number of aliphatic imine (C=N–C) groups is 1. The molecule has 0 aliphatic carbocycles. The van der Waals surface area contributed by atoms with Crippen molar-refractivity contribution < 1.29 is 8.91 Å². The molecule has 1 saturated heterocycles. The first-order valence-corrected chi connectivity index (χ1v) is 10.3. The van der Waals surface area contributed by atoms with Crippen molar-refractivity contribution in [2.45, 2.75) is 18.4 Å². The van der Waals surface area contributed by atoms with E-state index in [0.29, 0.717) is 0 Å². The van der Waals surface area contributed by atoms with Crippen LogP contribution in [-0.4, -0.2) is 65.9 Å². The predicted octanol–water partition coefficient (Wildman–Crippen LogP) is 3.31. The molecule has 28 heavy (non-hydrogen) atoms. The zero-order chi connectivity index (χ0) is 18.9. The molecule has 1 aliphatic heterocycles. The molecule has 0 amide bonds. The van der Waals surface area contributed by atoms with Crippen molar-refractivity contribution in [3.05, 3.63) is 48.1 Å². The Balaban J connectivity index is 0.00000280. The molecule has 154 valence electrons. The van der Waals surface area contributed by atoms with Gasteiger partial charge in [-0.25, -0.2) is 4.39 Å². The molecule has 9 heteroatoms. The molecule has 0 saturated carbocycles. The third kappa shape index (κ3) is 7.25. The lowest BCUT2D eigenvalue weighted by molar-refractivity contribution is 0.169. The molecule has 6 nitrogen and oxygen atoms in total. The summed E-state index contributed by atoms with van der Waals surface area (Å²) in [6.07, 6.45) is 1.62. The van der Waals surface area contributed by atoms with Crippen LogP contribution >= 0.6 is 35.7 Å². The van der Waals surface area contributed by atoms with E-state index in [2.05, 4.69) is 27.2 Å².